The van der Waals surface area contributed by atoms with Crippen molar-refractivity contribution < 1.29 is 4.74 Å². The summed E-state index contributed by atoms with van der Waals surface area (Å²) in [4.78, 5) is 4.05. The van der Waals surface area contributed by atoms with Crippen LogP contribution in [0, 0.1) is 0 Å². The highest BCUT2D eigenvalue weighted by atomic mass is 16.5. The first kappa shape index (κ1) is 12.0. The number of hydrogen-bond donors (Lipinski definition) is 1. The fourth-order valence-electron chi connectivity index (χ4n) is 2.70. The van der Waals surface area contributed by atoms with Gasteiger partial charge in [-0.25, -0.2) is 0 Å². The van der Waals surface area contributed by atoms with Gasteiger partial charge in [0.1, 0.15) is 5.75 Å². The number of pyridine rings is 1. The standard InChI is InChI=1S/C16H18N2O/c1-19-14-6-5-12-3-2-4-16(15(12)11-14)18-13-7-9-17-10-8-13/h5-11,16H,2-4H2,1H3,(H,17,18). The topological polar surface area (TPSA) is 34.1 Å². The molecule has 0 bridgehead atoms. The maximum Gasteiger partial charge on any atom is 0.119 e. The van der Waals surface area contributed by atoms with E-state index in [1.165, 1.54) is 17.5 Å². The second kappa shape index (κ2) is 5.31. The molecule has 1 N–H and O–H groups in total. The van der Waals surface area contributed by atoms with E-state index in [0.717, 1.165) is 24.3 Å². The van der Waals surface area contributed by atoms with E-state index in [0.29, 0.717) is 6.04 Å². The van der Waals surface area contributed by atoms with Crippen molar-refractivity contribution >= 4 is 5.69 Å². The Bertz CT molecular complexity index is 554. The molecule has 0 radical (unpaired) electrons. The zero-order valence-electron chi connectivity index (χ0n) is 11.1. The summed E-state index contributed by atoms with van der Waals surface area (Å²) in [6, 6.07) is 10.8. The predicted molar refractivity (Wildman–Crippen MR) is 76.5 cm³/mol. The van der Waals surface area contributed by atoms with E-state index in [4.69, 9.17) is 4.74 Å². The number of benzene rings is 1. The summed E-state index contributed by atoms with van der Waals surface area (Å²) in [5.74, 6) is 0.933. The zero-order valence-corrected chi connectivity index (χ0v) is 11.1. The smallest absolute Gasteiger partial charge is 0.119 e. The molecule has 19 heavy (non-hydrogen) atoms. The van der Waals surface area contributed by atoms with Crippen LogP contribution in [0.1, 0.15) is 30.0 Å². The minimum Gasteiger partial charge on any atom is -0.497 e. The quantitative estimate of drug-likeness (QED) is 0.909. The lowest BCUT2D eigenvalue weighted by Crippen LogP contribution is -2.17. The fourth-order valence-corrected chi connectivity index (χ4v) is 2.70. The molecule has 1 atom stereocenters. The van der Waals surface area contributed by atoms with Gasteiger partial charge < -0.3 is 10.1 Å². The van der Waals surface area contributed by atoms with Gasteiger partial charge in [-0.15, -0.1) is 0 Å². The summed E-state index contributed by atoms with van der Waals surface area (Å²) in [6.07, 6.45) is 7.17. The minimum atomic E-state index is 0.362. The number of nitrogens with one attached hydrogen (secondary N) is 1. The van der Waals surface area contributed by atoms with Crippen LogP contribution in [0.25, 0.3) is 0 Å². The molecular formula is C16H18N2O. The Morgan fingerprint density at radius 1 is 1.21 bits per heavy atom. The average molecular weight is 254 g/mol. The largest absolute Gasteiger partial charge is 0.497 e. The van der Waals surface area contributed by atoms with Crippen LogP contribution in [-0.4, -0.2) is 12.1 Å². The molecule has 0 saturated carbocycles. The van der Waals surface area contributed by atoms with Crippen LogP contribution >= 0.6 is 0 Å². The van der Waals surface area contributed by atoms with Crippen LogP contribution in [0.15, 0.2) is 42.7 Å². The minimum absolute atomic E-state index is 0.362. The van der Waals surface area contributed by atoms with Crippen LogP contribution in [0.3, 0.4) is 0 Å². The van der Waals surface area contributed by atoms with Gasteiger partial charge >= 0.3 is 0 Å². The molecule has 3 nitrogen and oxygen atoms in total. The van der Waals surface area contributed by atoms with Crippen molar-refractivity contribution in [1.29, 1.82) is 0 Å². The summed E-state index contributed by atoms with van der Waals surface area (Å²) < 4.78 is 5.34. The highest BCUT2D eigenvalue weighted by molar-refractivity contribution is 5.47. The van der Waals surface area contributed by atoms with Crippen molar-refractivity contribution in [3.63, 3.8) is 0 Å². The van der Waals surface area contributed by atoms with Crippen LogP contribution in [0.4, 0.5) is 5.69 Å². The van der Waals surface area contributed by atoms with Crippen molar-refractivity contribution in [1.82, 2.24) is 4.98 Å². The van der Waals surface area contributed by atoms with Gasteiger partial charge in [0.2, 0.25) is 0 Å². The highest BCUT2D eigenvalue weighted by Gasteiger charge is 2.20. The van der Waals surface area contributed by atoms with E-state index in [1.807, 2.05) is 30.6 Å². The van der Waals surface area contributed by atoms with Gasteiger partial charge in [-0.2, -0.15) is 0 Å². The molecule has 1 heterocycles. The first-order chi connectivity index (χ1) is 9.36. The number of nitrogens with zero attached hydrogens (tertiary/aromatic N) is 1. The third kappa shape index (κ3) is 2.55. The predicted octanol–water partition coefficient (Wildman–Crippen LogP) is 3.58. The molecule has 0 aliphatic heterocycles. The maximum atomic E-state index is 5.34. The van der Waals surface area contributed by atoms with Gasteiger partial charge in [-0.05, 0) is 54.7 Å². The second-order valence-corrected chi connectivity index (χ2v) is 4.89. The Morgan fingerprint density at radius 3 is 2.84 bits per heavy atom. The normalized spacial score (nSPS) is 17.6. The number of hydrogen-bond acceptors (Lipinski definition) is 3. The Kier molecular flexibility index (Phi) is 3.36. The second-order valence-electron chi connectivity index (χ2n) is 4.89. The number of rotatable bonds is 3. The van der Waals surface area contributed by atoms with Gasteiger partial charge in [-0.1, -0.05) is 6.07 Å². The zero-order chi connectivity index (χ0) is 13.1. The monoisotopic (exact) mass is 254 g/mol. The molecule has 0 spiro atoms. The molecule has 1 aliphatic carbocycles. The maximum absolute atomic E-state index is 5.34. The summed E-state index contributed by atoms with van der Waals surface area (Å²) in [5.41, 5.74) is 3.91. The lowest BCUT2D eigenvalue weighted by molar-refractivity contribution is 0.413. The van der Waals surface area contributed by atoms with Gasteiger partial charge in [0.05, 0.1) is 13.2 Å². The van der Waals surface area contributed by atoms with E-state index >= 15 is 0 Å². The SMILES string of the molecule is COc1ccc2c(c1)C(Nc1ccncc1)CCC2. The summed E-state index contributed by atoms with van der Waals surface area (Å²) in [6.45, 7) is 0. The summed E-state index contributed by atoms with van der Waals surface area (Å²) in [5, 5.41) is 3.59. The lowest BCUT2D eigenvalue weighted by atomic mass is 9.87. The molecular weight excluding hydrogens is 236 g/mol. The van der Waals surface area contributed by atoms with Crippen LogP contribution in [0.5, 0.6) is 5.75 Å². The fraction of sp³-hybridized carbons (Fsp3) is 0.312. The number of anilines is 1. The van der Waals surface area contributed by atoms with Crippen molar-refractivity contribution in [2.24, 2.45) is 0 Å². The average Bonchev–Trinajstić information content (AvgIpc) is 2.48. The first-order valence-corrected chi connectivity index (χ1v) is 6.70. The Morgan fingerprint density at radius 2 is 2.05 bits per heavy atom. The molecule has 98 valence electrons. The Balaban J connectivity index is 1.89. The lowest BCUT2D eigenvalue weighted by Gasteiger charge is -2.27. The van der Waals surface area contributed by atoms with E-state index in [9.17, 15) is 0 Å². The number of ether oxygens (including phenoxy) is 1. The van der Waals surface area contributed by atoms with Crippen LogP contribution in [-0.2, 0) is 6.42 Å². The Hall–Kier alpha value is -2.03. The molecule has 3 rings (SSSR count). The number of methoxy groups -OCH3 is 1. The number of fused-ring (bicyclic) bond motifs is 1. The first-order valence-electron chi connectivity index (χ1n) is 6.70. The molecule has 0 saturated heterocycles. The van der Waals surface area contributed by atoms with Gasteiger partial charge in [0.15, 0.2) is 0 Å². The van der Waals surface area contributed by atoms with E-state index in [-0.39, 0.29) is 0 Å². The molecule has 1 aliphatic rings. The van der Waals surface area contributed by atoms with E-state index in [1.54, 1.807) is 7.11 Å². The van der Waals surface area contributed by atoms with Crippen molar-refractivity contribution in [2.45, 2.75) is 25.3 Å². The molecule has 1 unspecified atom stereocenters. The van der Waals surface area contributed by atoms with Crippen molar-refractivity contribution in [2.75, 3.05) is 12.4 Å². The molecule has 1 aromatic carbocycles. The number of aryl methyl sites for hydroxylation is 1. The molecule has 0 fully saturated rings. The van der Waals surface area contributed by atoms with Crippen molar-refractivity contribution in [3.05, 3.63) is 53.9 Å². The van der Waals surface area contributed by atoms with Gasteiger partial charge in [0.25, 0.3) is 0 Å². The Labute approximate surface area is 113 Å². The van der Waals surface area contributed by atoms with E-state index in [2.05, 4.69) is 22.4 Å². The highest BCUT2D eigenvalue weighted by Crippen LogP contribution is 2.34. The van der Waals surface area contributed by atoms with Crippen molar-refractivity contribution in [3.8, 4) is 5.75 Å². The van der Waals surface area contributed by atoms with Crippen LogP contribution < -0.4 is 10.1 Å². The van der Waals surface area contributed by atoms with Gasteiger partial charge in [0, 0.05) is 18.1 Å². The van der Waals surface area contributed by atoms with Crippen LogP contribution in [0.2, 0.25) is 0 Å². The number of aromatic nitrogens is 1. The third-order valence-corrected chi connectivity index (χ3v) is 3.69. The summed E-state index contributed by atoms with van der Waals surface area (Å²) >= 11 is 0. The van der Waals surface area contributed by atoms with E-state index < -0.39 is 0 Å². The molecule has 0 amide bonds. The molecule has 3 heteroatoms. The third-order valence-electron chi connectivity index (χ3n) is 3.69. The molecule has 2 aromatic rings. The summed E-state index contributed by atoms with van der Waals surface area (Å²) in [7, 11) is 1.72. The molecule has 1 aromatic heterocycles. The van der Waals surface area contributed by atoms with Gasteiger partial charge in [-0.3, -0.25) is 4.98 Å².